The van der Waals surface area contributed by atoms with Crippen molar-refractivity contribution < 1.29 is 36.9 Å². The van der Waals surface area contributed by atoms with Crippen LogP contribution in [0.15, 0.2) is 38.8 Å². The SMILES string of the molecule is CCN[C@H]1CC(C)S(=O)(=O)c2sc(S(=O)(=O)NC(=O)Cc3ccccc3CON(O)O)cc21. The number of carbonyl (C=O) groups excluding carboxylic acids is 1. The van der Waals surface area contributed by atoms with Crippen LogP contribution in [0.3, 0.4) is 0 Å². The first-order valence-corrected chi connectivity index (χ1v) is 13.8. The summed E-state index contributed by atoms with van der Waals surface area (Å²) >= 11 is 0.634. The van der Waals surface area contributed by atoms with Gasteiger partial charge in [0, 0.05) is 11.6 Å². The average Bonchev–Trinajstić information content (AvgIpc) is 3.19. The number of amides is 1. The Kier molecular flexibility index (Phi) is 7.91. The van der Waals surface area contributed by atoms with Crippen molar-refractivity contribution in [1.29, 1.82) is 0 Å². The Morgan fingerprint density at radius 3 is 2.58 bits per heavy atom. The molecule has 182 valence electrons. The Hall–Kier alpha value is -1.91. The van der Waals surface area contributed by atoms with E-state index in [1.54, 1.807) is 31.2 Å². The number of rotatable bonds is 9. The molecule has 2 atom stereocenters. The lowest BCUT2D eigenvalue weighted by Gasteiger charge is -2.27. The van der Waals surface area contributed by atoms with Crippen LogP contribution in [-0.4, -0.2) is 50.3 Å². The van der Waals surface area contributed by atoms with Gasteiger partial charge in [0.15, 0.2) is 9.84 Å². The van der Waals surface area contributed by atoms with Crippen molar-refractivity contribution in [2.45, 2.75) is 53.0 Å². The number of thiophene rings is 1. The third-order valence-electron chi connectivity index (χ3n) is 5.20. The normalized spacial score (nSPS) is 19.9. The Balaban J connectivity index is 1.82. The Morgan fingerprint density at radius 1 is 1.27 bits per heavy atom. The van der Waals surface area contributed by atoms with Crippen LogP contribution in [0.2, 0.25) is 0 Å². The Bertz CT molecular complexity index is 1220. The summed E-state index contributed by atoms with van der Waals surface area (Å²) in [6.07, 6.45) is -0.000223. The smallest absolute Gasteiger partial charge is 0.273 e. The number of carbonyl (C=O) groups is 1. The van der Waals surface area contributed by atoms with E-state index in [4.69, 9.17) is 10.4 Å². The molecule has 2 heterocycles. The molecular formula is C19H25N3O8S3. The second-order valence-electron chi connectivity index (χ2n) is 7.51. The van der Waals surface area contributed by atoms with Gasteiger partial charge in [-0.25, -0.2) is 26.4 Å². The van der Waals surface area contributed by atoms with E-state index < -0.39 is 36.4 Å². The van der Waals surface area contributed by atoms with E-state index in [0.717, 1.165) is 0 Å². The van der Waals surface area contributed by atoms with E-state index >= 15 is 0 Å². The van der Waals surface area contributed by atoms with Crippen molar-refractivity contribution in [2.24, 2.45) is 0 Å². The zero-order valence-corrected chi connectivity index (χ0v) is 20.3. The van der Waals surface area contributed by atoms with Gasteiger partial charge < -0.3 is 5.32 Å². The van der Waals surface area contributed by atoms with E-state index in [2.05, 4.69) is 10.2 Å². The summed E-state index contributed by atoms with van der Waals surface area (Å²) in [6, 6.07) is 7.45. The first-order valence-electron chi connectivity index (χ1n) is 10.00. The Labute approximate surface area is 195 Å². The first-order chi connectivity index (χ1) is 15.5. The summed E-state index contributed by atoms with van der Waals surface area (Å²) in [5.41, 5.74) is 1.26. The molecule has 0 fully saturated rings. The number of hydrogen-bond acceptors (Lipinski definition) is 11. The number of sulfone groups is 1. The lowest BCUT2D eigenvalue weighted by molar-refractivity contribution is -0.497. The second-order valence-corrected chi connectivity index (χ2v) is 13.0. The highest BCUT2D eigenvalue weighted by Crippen LogP contribution is 2.42. The molecule has 1 aliphatic heterocycles. The van der Waals surface area contributed by atoms with Crippen LogP contribution >= 0.6 is 11.3 Å². The highest BCUT2D eigenvalue weighted by Gasteiger charge is 2.39. The molecule has 1 unspecified atom stereocenters. The van der Waals surface area contributed by atoms with E-state index in [-0.39, 0.29) is 27.5 Å². The number of benzene rings is 1. The van der Waals surface area contributed by atoms with E-state index in [0.29, 0.717) is 41.0 Å². The minimum absolute atomic E-state index is 0.0000737. The third kappa shape index (κ3) is 5.78. The number of nitrogens with one attached hydrogen (secondary N) is 2. The number of nitrogens with zero attached hydrogens (tertiary/aromatic N) is 1. The predicted molar refractivity (Wildman–Crippen MR) is 118 cm³/mol. The number of hydrogen-bond donors (Lipinski definition) is 4. The molecule has 0 saturated carbocycles. The zero-order valence-electron chi connectivity index (χ0n) is 17.9. The summed E-state index contributed by atoms with van der Waals surface area (Å²) in [5.74, 6) is -0.835. The van der Waals surface area contributed by atoms with Gasteiger partial charge in [0.25, 0.3) is 10.0 Å². The fourth-order valence-corrected chi connectivity index (χ4v) is 8.56. The van der Waals surface area contributed by atoms with Crippen LogP contribution in [0.25, 0.3) is 0 Å². The van der Waals surface area contributed by atoms with Crippen molar-refractivity contribution in [1.82, 2.24) is 15.4 Å². The van der Waals surface area contributed by atoms with Crippen LogP contribution in [0, 0.1) is 0 Å². The molecular weight excluding hydrogens is 494 g/mol. The second kappa shape index (κ2) is 10.1. The lowest BCUT2D eigenvalue weighted by Crippen LogP contribution is -2.33. The highest BCUT2D eigenvalue weighted by atomic mass is 32.3. The Morgan fingerprint density at radius 2 is 1.94 bits per heavy atom. The topological polar surface area (TPSA) is 162 Å². The number of sulfonamides is 1. The predicted octanol–water partition coefficient (Wildman–Crippen LogP) is 1.52. The van der Waals surface area contributed by atoms with Gasteiger partial charge in [0.2, 0.25) is 5.91 Å². The van der Waals surface area contributed by atoms with Gasteiger partial charge in [-0.2, -0.15) is 0 Å². The molecule has 0 aliphatic carbocycles. The quantitative estimate of drug-likeness (QED) is 0.357. The minimum atomic E-state index is -4.31. The van der Waals surface area contributed by atoms with Crippen molar-refractivity contribution in [2.75, 3.05) is 6.54 Å². The van der Waals surface area contributed by atoms with Crippen molar-refractivity contribution >= 4 is 37.1 Å². The van der Waals surface area contributed by atoms with Gasteiger partial charge in [-0.05, 0) is 37.1 Å². The molecule has 0 radical (unpaired) electrons. The molecule has 1 aliphatic rings. The van der Waals surface area contributed by atoms with Gasteiger partial charge in [-0.3, -0.25) is 15.2 Å². The average molecular weight is 520 g/mol. The maximum Gasteiger partial charge on any atom is 0.273 e. The maximum atomic E-state index is 12.9. The molecule has 2 aromatic rings. The fourth-order valence-electron chi connectivity index (χ4n) is 3.58. The monoisotopic (exact) mass is 519 g/mol. The molecule has 14 heteroatoms. The molecule has 0 spiro atoms. The minimum Gasteiger partial charge on any atom is -0.310 e. The molecule has 11 nitrogen and oxygen atoms in total. The summed E-state index contributed by atoms with van der Waals surface area (Å²) in [6.45, 7) is 3.78. The van der Waals surface area contributed by atoms with Crippen molar-refractivity contribution in [3.63, 3.8) is 0 Å². The molecule has 1 aromatic carbocycles. The van der Waals surface area contributed by atoms with Gasteiger partial charge in [0.05, 0.1) is 23.7 Å². The van der Waals surface area contributed by atoms with E-state index in [1.807, 2.05) is 11.6 Å². The molecule has 0 saturated heterocycles. The molecule has 1 amide bonds. The van der Waals surface area contributed by atoms with E-state index in [1.165, 1.54) is 6.07 Å². The van der Waals surface area contributed by atoms with Crippen molar-refractivity contribution in [3.05, 3.63) is 47.0 Å². The van der Waals surface area contributed by atoms with Crippen LogP contribution in [0.4, 0.5) is 0 Å². The summed E-state index contributed by atoms with van der Waals surface area (Å²) in [4.78, 5) is 17.1. The van der Waals surface area contributed by atoms with Crippen LogP contribution in [0.1, 0.15) is 43.0 Å². The van der Waals surface area contributed by atoms with Crippen LogP contribution in [-0.2, 0) is 42.5 Å². The highest BCUT2D eigenvalue weighted by molar-refractivity contribution is 7.95. The van der Waals surface area contributed by atoms with Gasteiger partial charge in [-0.1, -0.05) is 31.2 Å². The van der Waals surface area contributed by atoms with E-state index in [9.17, 15) is 21.6 Å². The molecule has 4 N–H and O–H groups in total. The first kappa shape index (κ1) is 25.7. The lowest BCUT2D eigenvalue weighted by atomic mass is 10.1. The van der Waals surface area contributed by atoms with Crippen molar-refractivity contribution in [3.8, 4) is 0 Å². The van der Waals surface area contributed by atoms with Gasteiger partial charge in [-0.15, -0.1) is 11.3 Å². The summed E-state index contributed by atoms with van der Waals surface area (Å²) < 4.78 is 53.0. The van der Waals surface area contributed by atoms with Gasteiger partial charge in [0.1, 0.15) is 8.42 Å². The third-order valence-corrected chi connectivity index (χ3v) is 10.9. The summed E-state index contributed by atoms with van der Waals surface area (Å²) in [7, 11) is -7.98. The van der Waals surface area contributed by atoms with Crippen LogP contribution in [0.5, 0.6) is 0 Å². The zero-order chi connectivity index (χ0) is 24.4. The van der Waals surface area contributed by atoms with Gasteiger partial charge >= 0.3 is 0 Å². The molecule has 1 aromatic heterocycles. The standard InChI is InChI=1S/C19H25N3O8S3/c1-3-20-16-8-12(2)32(26,27)19-15(16)10-18(31-19)33(28,29)21-17(23)9-13-6-4-5-7-14(13)11-30-22(24)25/h4-7,10,12,16,20,24-25H,3,8-9,11H2,1-2H3,(H,21,23)/t12?,16-/m0/s1. The molecule has 33 heavy (non-hydrogen) atoms. The summed E-state index contributed by atoms with van der Waals surface area (Å²) in [5, 5.41) is 19.5. The number of fused-ring (bicyclic) bond motifs is 1. The molecule has 3 rings (SSSR count). The fraction of sp³-hybridized carbons (Fsp3) is 0.421. The van der Waals surface area contributed by atoms with Crippen LogP contribution < -0.4 is 10.0 Å². The largest absolute Gasteiger partial charge is 0.310 e. The molecule has 0 bridgehead atoms. The maximum absolute atomic E-state index is 12.9.